The summed E-state index contributed by atoms with van der Waals surface area (Å²) in [6.45, 7) is 11.2. The van der Waals surface area contributed by atoms with Gasteiger partial charge < -0.3 is 33.9 Å². The van der Waals surface area contributed by atoms with Crippen LogP contribution < -0.4 is 5.32 Å². The molecule has 3 aliphatic rings. The summed E-state index contributed by atoms with van der Waals surface area (Å²) in [5.74, 6) is -0.288. The number of carbonyl (C=O) groups is 2. The minimum atomic E-state index is -0.520. The number of allylic oxidation sites excluding steroid dienone is 2. The van der Waals surface area contributed by atoms with E-state index in [9.17, 15) is 9.59 Å². The number of nitrogens with zero attached hydrogens (tertiary/aromatic N) is 1. The predicted molar refractivity (Wildman–Crippen MR) is 135 cm³/mol. The lowest BCUT2D eigenvalue weighted by Gasteiger charge is -2.30. The highest BCUT2D eigenvalue weighted by Crippen LogP contribution is 2.42. The molecule has 0 aromatic heterocycles. The van der Waals surface area contributed by atoms with Gasteiger partial charge >= 0.3 is 6.09 Å². The molecule has 0 saturated carbocycles. The smallest absolute Gasteiger partial charge is 0.410 e. The first-order valence-electron chi connectivity index (χ1n) is 12.8. The lowest BCUT2D eigenvalue weighted by Crippen LogP contribution is -2.46. The van der Waals surface area contributed by atoms with Gasteiger partial charge in [-0.05, 0) is 40.7 Å². The molecule has 0 bridgehead atoms. The zero-order valence-electron chi connectivity index (χ0n) is 22.4. The van der Waals surface area contributed by atoms with Gasteiger partial charge in [0, 0.05) is 38.4 Å². The molecular weight excluding hydrogens is 464 g/mol. The molecule has 4 atom stereocenters. The number of ether oxygens (including phenoxy) is 5. The van der Waals surface area contributed by atoms with Crippen LogP contribution >= 0.6 is 0 Å². The summed E-state index contributed by atoms with van der Waals surface area (Å²) in [5.41, 5.74) is 1.16. The van der Waals surface area contributed by atoms with Gasteiger partial charge in [-0.1, -0.05) is 23.8 Å². The Morgan fingerprint density at radius 2 is 1.86 bits per heavy atom. The minimum Gasteiger partial charge on any atom is -0.442 e. The van der Waals surface area contributed by atoms with E-state index in [-0.39, 0.29) is 42.1 Å². The van der Waals surface area contributed by atoms with Crippen LogP contribution in [0.5, 0.6) is 0 Å². The normalized spacial score (nSPS) is 31.7. The SMILES string of the molecule is CC(C=C[C@@H]1C[C@@]2(CO2)CC(C)O1)=CCC1OCC(NC(=O)C=CC(C)OC(=O)N(C)C(C)C)CO1. The number of carbonyl (C=O) groups excluding carboxylic acids is 2. The molecule has 2 unspecified atom stereocenters. The summed E-state index contributed by atoms with van der Waals surface area (Å²) in [4.78, 5) is 25.7. The fourth-order valence-corrected chi connectivity index (χ4v) is 4.16. The molecule has 0 aliphatic carbocycles. The van der Waals surface area contributed by atoms with Gasteiger partial charge in [0.05, 0.1) is 43.7 Å². The zero-order valence-corrected chi connectivity index (χ0v) is 22.4. The van der Waals surface area contributed by atoms with Crippen molar-refractivity contribution >= 4 is 12.0 Å². The van der Waals surface area contributed by atoms with E-state index in [2.05, 4.69) is 30.5 Å². The van der Waals surface area contributed by atoms with Crippen molar-refractivity contribution in [3.63, 3.8) is 0 Å². The quantitative estimate of drug-likeness (QED) is 0.290. The fourth-order valence-electron chi connectivity index (χ4n) is 4.16. The number of amides is 2. The molecule has 0 aromatic rings. The van der Waals surface area contributed by atoms with Gasteiger partial charge in [-0.2, -0.15) is 0 Å². The molecule has 1 N–H and O–H groups in total. The predicted octanol–water partition coefficient (Wildman–Crippen LogP) is 3.49. The standard InChI is InChI=1S/C27H42N2O7/c1-18(2)29(6)26(31)36-20(4)9-11-24(30)28-22-15-32-25(33-16-22)12-8-19(3)7-10-23-14-27(17-34-27)13-21(5)35-23/h7-11,18,20-23,25H,12-17H2,1-6H3,(H,28,30)/t20?,21?,22?,23-,25?,27-/m1/s1. The third-order valence-electron chi connectivity index (χ3n) is 6.58. The Hall–Kier alpha value is -2.20. The molecule has 3 rings (SSSR count). The molecule has 3 fully saturated rings. The summed E-state index contributed by atoms with van der Waals surface area (Å²) in [6.07, 6.45) is 10.7. The maximum atomic E-state index is 12.2. The number of hydrogen-bond acceptors (Lipinski definition) is 7. The van der Waals surface area contributed by atoms with Crippen LogP contribution in [0.1, 0.15) is 53.9 Å². The minimum absolute atomic E-state index is 0.0356. The molecule has 9 heteroatoms. The Labute approximate surface area is 214 Å². The van der Waals surface area contributed by atoms with Crippen LogP contribution in [0.15, 0.2) is 36.0 Å². The van der Waals surface area contributed by atoms with Gasteiger partial charge in [0.2, 0.25) is 5.91 Å². The number of nitrogens with one attached hydrogen (secondary N) is 1. The van der Waals surface area contributed by atoms with Gasteiger partial charge in [0.15, 0.2) is 6.29 Å². The fraction of sp³-hybridized carbons (Fsp3) is 0.704. The van der Waals surface area contributed by atoms with Crippen molar-refractivity contribution in [2.45, 2.75) is 96.2 Å². The molecular formula is C27H42N2O7. The van der Waals surface area contributed by atoms with Crippen molar-refractivity contribution in [2.75, 3.05) is 26.9 Å². The zero-order chi connectivity index (χ0) is 26.3. The Morgan fingerprint density at radius 3 is 2.50 bits per heavy atom. The Kier molecular flexibility index (Phi) is 10.1. The van der Waals surface area contributed by atoms with E-state index in [0.29, 0.717) is 19.6 Å². The van der Waals surface area contributed by atoms with E-state index >= 15 is 0 Å². The van der Waals surface area contributed by atoms with E-state index in [4.69, 9.17) is 23.7 Å². The van der Waals surface area contributed by atoms with E-state index in [0.717, 1.165) is 25.0 Å². The molecule has 9 nitrogen and oxygen atoms in total. The van der Waals surface area contributed by atoms with Gasteiger partial charge in [0.25, 0.3) is 0 Å². The highest BCUT2D eigenvalue weighted by molar-refractivity contribution is 5.87. The average Bonchev–Trinajstić information content (AvgIpc) is 3.57. The number of hydrogen-bond donors (Lipinski definition) is 1. The summed E-state index contributed by atoms with van der Waals surface area (Å²) < 4.78 is 28.5. The Morgan fingerprint density at radius 1 is 1.17 bits per heavy atom. The summed E-state index contributed by atoms with van der Waals surface area (Å²) in [6, 6.07) is -0.204. The van der Waals surface area contributed by atoms with Crippen molar-refractivity contribution in [1.29, 1.82) is 0 Å². The third kappa shape index (κ3) is 9.03. The lowest BCUT2D eigenvalue weighted by molar-refractivity contribution is -0.187. The second-order valence-electron chi connectivity index (χ2n) is 10.4. The van der Waals surface area contributed by atoms with Crippen molar-refractivity contribution < 1.29 is 33.3 Å². The lowest BCUT2D eigenvalue weighted by atomic mass is 9.92. The van der Waals surface area contributed by atoms with E-state index in [1.54, 1.807) is 20.0 Å². The van der Waals surface area contributed by atoms with Crippen LogP contribution in [0.2, 0.25) is 0 Å². The summed E-state index contributed by atoms with van der Waals surface area (Å²) in [7, 11) is 1.67. The average molecular weight is 507 g/mol. The van der Waals surface area contributed by atoms with Crippen LogP contribution in [-0.2, 0) is 28.5 Å². The van der Waals surface area contributed by atoms with Crippen LogP contribution in [0, 0.1) is 0 Å². The highest BCUT2D eigenvalue weighted by Gasteiger charge is 2.50. The molecule has 0 aromatic carbocycles. The van der Waals surface area contributed by atoms with Gasteiger partial charge in [-0.3, -0.25) is 4.79 Å². The van der Waals surface area contributed by atoms with Crippen molar-refractivity contribution in [1.82, 2.24) is 10.2 Å². The molecule has 2 amide bonds. The molecule has 3 heterocycles. The molecule has 0 radical (unpaired) electrons. The van der Waals surface area contributed by atoms with Crippen LogP contribution in [-0.4, -0.2) is 86.1 Å². The van der Waals surface area contributed by atoms with E-state index < -0.39 is 12.2 Å². The van der Waals surface area contributed by atoms with Crippen LogP contribution in [0.3, 0.4) is 0 Å². The maximum absolute atomic E-state index is 12.2. The van der Waals surface area contributed by atoms with Crippen LogP contribution in [0.25, 0.3) is 0 Å². The monoisotopic (exact) mass is 506 g/mol. The first-order chi connectivity index (χ1) is 17.0. The highest BCUT2D eigenvalue weighted by atomic mass is 16.7. The van der Waals surface area contributed by atoms with Crippen molar-refractivity contribution in [2.24, 2.45) is 0 Å². The summed E-state index contributed by atoms with van der Waals surface area (Å²) in [5, 5.41) is 2.85. The van der Waals surface area contributed by atoms with E-state index in [1.807, 2.05) is 20.8 Å². The van der Waals surface area contributed by atoms with Crippen molar-refractivity contribution in [3.8, 4) is 0 Å². The second kappa shape index (κ2) is 12.9. The van der Waals surface area contributed by atoms with Gasteiger partial charge in [0.1, 0.15) is 6.10 Å². The molecule has 3 aliphatic heterocycles. The Balaban J connectivity index is 1.33. The Bertz CT molecular complexity index is 841. The van der Waals surface area contributed by atoms with E-state index in [1.165, 1.54) is 11.0 Å². The van der Waals surface area contributed by atoms with Gasteiger partial charge in [-0.25, -0.2) is 4.79 Å². The second-order valence-corrected chi connectivity index (χ2v) is 10.4. The van der Waals surface area contributed by atoms with Gasteiger partial charge in [-0.15, -0.1) is 0 Å². The number of epoxide rings is 1. The van der Waals surface area contributed by atoms with Crippen LogP contribution in [0.4, 0.5) is 4.79 Å². The maximum Gasteiger partial charge on any atom is 0.410 e. The largest absolute Gasteiger partial charge is 0.442 e. The molecule has 202 valence electrons. The summed E-state index contributed by atoms with van der Waals surface area (Å²) >= 11 is 0. The topological polar surface area (TPSA) is 98.9 Å². The molecule has 3 saturated heterocycles. The molecule has 1 spiro atoms. The number of rotatable bonds is 9. The van der Waals surface area contributed by atoms with Crippen molar-refractivity contribution in [3.05, 3.63) is 36.0 Å². The third-order valence-corrected chi connectivity index (χ3v) is 6.58. The molecule has 36 heavy (non-hydrogen) atoms. The first kappa shape index (κ1) is 28.4. The first-order valence-corrected chi connectivity index (χ1v) is 12.8.